The average Bonchev–Trinajstić information content (AvgIpc) is 2.55. The highest BCUT2D eigenvalue weighted by atomic mass is 16.5. The Kier molecular flexibility index (Phi) is 5.65. The lowest BCUT2D eigenvalue weighted by atomic mass is 10.1. The van der Waals surface area contributed by atoms with Crippen molar-refractivity contribution in [3.8, 4) is 0 Å². The van der Waals surface area contributed by atoms with Gasteiger partial charge in [0.1, 0.15) is 0 Å². The Morgan fingerprint density at radius 2 is 1.70 bits per heavy atom. The van der Waals surface area contributed by atoms with Gasteiger partial charge in [-0.2, -0.15) is 0 Å². The van der Waals surface area contributed by atoms with Crippen LogP contribution in [0, 0.1) is 0 Å². The number of nitrogens with zero attached hydrogens (tertiary/aromatic N) is 1. The minimum atomic E-state index is -0.375. The predicted molar refractivity (Wildman–Crippen MR) is 86.2 cm³/mol. The monoisotopic (exact) mass is 316 g/mol. The molecule has 1 fully saturated rings. The van der Waals surface area contributed by atoms with Crippen LogP contribution in [0.5, 0.6) is 0 Å². The summed E-state index contributed by atoms with van der Waals surface area (Å²) in [6, 6.07) is 6.60. The predicted octanol–water partition coefficient (Wildman–Crippen LogP) is 1.63. The topological polar surface area (TPSA) is 75.7 Å². The molecular formula is C17H20N2O4. The third kappa shape index (κ3) is 4.75. The van der Waals surface area contributed by atoms with E-state index in [9.17, 15) is 14.4 Å². The molecule has 1 saturated heterocycles. The first-order chi connectivity index (χ1) is 11.0. The first kappa shape index (κ1) is 16.9. The van der Waals surface area contributed by atoms with E-state index in [4.69, 9.17) is 4.74 Å². The van der Waals surface area contributed by atoms with Crippen LogP contribution in [0.1, 0.15) is 24.2 Å². The molecule has 0 bridgehead atoms. The van der Waals surface area contributed by atoms with Gasteiger partial charge < -0.3 is 15.0 Å². The Balaban J connectivity index is 1.96. The van der Waals surface area contributed by atoms with E-state index in [0.29, 0.717) is 43.1 Å². The molecule has 1 aromatic rings. The van der Waals surface area contributed by atoms with Crippen LogP contribution in [0.3, 0.4) is 0 Å². The quantitative estimate of drug-likeness (QED) is 0.677. The maximum atomic E-state index is 12.2. The molecule has 1 aromatic carbocycles. The summed E-state index contributed by atoms with van der Waals surface area (Å²) in [5, 5.41) is 2.67. The van der Waals surface area contributed by atoms with Crippen molar-refractivity contribution in [2.45, 2.75) is 13.8 Å². The molecule has 0 radical (unpaired) electrons. The van der Waals surface area contributed by atoms with Crippen LogP contribution in [0.4, 0.5) is 5.69 Å². The summed E-state index contributed by atoms with van der Waals surface area (Å²) in [5.41, 5.74) is 1.53. The van der Waals surface area contributed by atoms with Crippen molar-refractivity contribution in [1.29, 1.82) is 0 Å². The number of amides is 2. The smallest absolute Gasteiger partial charge is 0.249 e. The number of ether oxygens (including phenoxy) is 1. The molecule has 2 rings (SSSR count). The van der Waals surface area contributed by atoms with E-state index in [-0.39, 0.29) is 17.6 Å². The lowest BCUT2D eigenvalue weighted by Crippen LogP contribution is -2.41. The molecular weight excluding hydrogens is 296 g/mol. The number of carbonyl (C=O) groups excluding carboxylic acids is 3. The van der Waals surface area contributed by atoms with Crippen LogP contribution in [-0.4, -0.2) is 48.8 Å². The summed E-state index contributed by atoms with van der Waals surface area (Å²) >= 11 is 0. The van der Waals surface area contributed by atoms with Gasteiger partial charge >= 0.3 is 0 Å². The van der Waals surface area contributed by atoms with E-state index in [1.807, 2.05) is 0 Å². The number of hydrogen-bond acceptors (Lipinski definition) is 4. The molecule has 1 aliphatic rings. The molecule has 0 spiro atoms. The molecule has 0 unspecified atom stereocenters. The van der Waals surface area contributed by atoms with Crippen LogP contribution in [0.25, 0.3) is 0 Å². The highest BCUT2D eigenvalue weighted by Gasteiger charge is 2.18. The minimum Gasteiger partial charge on any atom is -0.378 e. The van der Waals surface area contributed by atoms with Crippen molar-refractivity contribution in [2.24, 2.45) is 0 Å². The summed E-state index contributed by atoms with van der Waals surface area (Å²) < 4.78 is 5.20. The van der Waals surface area contributed by atoms with Crippen LogP contribution < -0.4 is 5.32 Å². The van der Waals surface area contributed by atoms with Crippen molar-refractivity contribution in [3.05, 3.63) is 41.5 Å². The number of carbonyl (C=O) groups is 3. The number of Topliss-reactive ketones (excluding diaryl/α,β-unsaturated/α-hetero) is 1. The maximum absolute atomic E-state index is 12.2. The van der Waals surface area contributed by atoms with Gasteiger partial charge in [-0.1, -0.05) is 0 Å². The third-order valence-corrected chi connectivity index (χ3v) is 3.54. The normalized spacial score (nSPS) is 15.2. The van der Waals surface area contributed by atoms with E-state index in [1.165, 1.54) is 13.0 Å². The molecule has 0 aromatic heterocycles. The Labute approximate surface area is 135 Å². The largest absolute Gasteiger partial charge is 0.378 e. The van der Waals surface area contributed by atoms with Gasteiger partial charge in [0.05, 0.1) is 13.2 Å². The zero-order chi connectivity index (χ0) is 16.8. The summed E-state index contributed by atoms with van der Waals surface area (Å²) in [6.45, 7) is 5.23. The van der Waals surface area contributed by atoms with Crippen molar-refractivity contribution in [2.75, 3.05) is 31.6 Å². The number of anilines is 1. The summed E-state index contributed by atoms with van der Waals surface area (Å²) in [5.74, 6) is -0.565. The fourth-order valence-electron chi connectivity index (χ4n) is 2.24. The first-order valence-electron chi connectivity index (χ1n) is 7.44. The first-order valence-corrected chi connectivity index (χ1v) is 7.44. The molecule has 0 atom stereocenters. The van der Waals surface area contributed by atoms with Gasteiger partial charge in [-0.05, 0) is 38.1 Å². The number of benzene rings is 1. The van der Waals surface area contributed by atoms with E-state index in [2.05, 4.69) is 5.32 Å². The lowest BCUT2D eigenvalue weighted by molar-refractivity contribution is -0.131. The standard InChI is InChI=1S/C17H20N2O4/c1-12(17(22)19-7-9-23-10-8-19)11-16(21)18-15-5-3-14(4-6-15)13(2)20/h3-6,11H,7-10H2,1-2H3,(H,18,21)/b12-11-. The van der Waals surface area contributed by atoms with Gasteiger partial charge in [0.25, 0.3) is 0 Å². The Hall–Kier alpha value is -2.47. The van der Waals surface area contributed by atoms with Gasteiger partial charge in [0.15, 0.2) is 5.78 Å². The third-order valence-electron chi connectivity index (χ3n) is 3.54. The van der Waals surface area contributed by atoms with E-state index in [0.717, 1.165) is 0 Å². The van der Waals surface area contributed by atoms with Crippen molar-refractivity contribution >= 4 is 23.3 Å². The van der Waals surface area contributed by atoms with Gasteiger partial charge in [0, 0.05) is 36.0 Å². The number of ketones is 1. The highest BCUT2D eigenvalue weighted by molar-refractivity contribution is 6.06. The second-order valence-electron chi connectivity index (χ2n) is 5.35. The van der Waals surface area contributed by atoms with E-state index < -0.39 is 0 Å². The molecule has 1 N–H and O–H groups in total. The van der Waals surface area contributed by atoms with E-state index >= 15 is 0 Å². The van der Waals surface area contributed by atoms with E-state index in [1.54, 1.807) is 36.1 Å². The molecule has 23 heavy (non-hydrogen) atoms. The summed E-state index contributed by atoms with van der Waals surface area (Å²) in [4.78, 5) is 37.0. The highest BCUT2D eigenvalue weighted by Crippen LogP contribution is 2.11. The number of nitrogens with one attached hydrogen (secondary N) is 1. The second kappa shape index (κ2) is 7.69. The molecule has 6 heteroatoms. The summed E-state index contributed by atoms with van der Waals surface area (Å²) in [7, 11) is 0. The SMILES string of the molecule is CC(=O)c1ccc(NC(=O)/C=C(/C)C(=O)N2CCOCC2)cc1. The fraction of sp³-hybridized carbons (Fsp3) is 0.353. The van der Waals surface area contributed by atoms with Crippen LogP contribution in [-0.2, 0) is 14.3 Å². The molecule has 2 amide bonds. The molecule has 1 heterocycles. The fourth-order valence-corrected chi connectivity index (χ4v) is 2.24. The maximum Gasteiger partial charge on any atom is 0.249 e. The molecule has 122 valence electrons. The molecule has 1 aliphatic heterocycles. The zero-order valence-corrected chi connectivity index (χ0v) is 13.3. The van der Waals surface area contributed by atoms with Crippen molar-refractivity contribution in [3.63, 3.8) is 0 Å². The van der Waals surface area contributed by atoms with Crippen LogP contribution >= 0.6 is 0 Å². The second-order valence-corrected chi connectivity index (χ2v) is 5.35. The zero-order valence-electron chi connectivity index (χ0n) is 13.3. The van der Waals surface area contributed by atoms with Gasteiger partial charge in [0.2, 0.25) is 11.8 Å². The number of hydrogen-bond donors (Lipinski definition) is 1. The minimum absolute atomic E-state index is 0.0327. The van der Waals surface area contributed by atoms with Crippen LogP contribution in [0.2, 0.25) is 0 Å². The average molecular weight is 316 g/mol. The van der Waals surface area contributed by atoms with Gasteiger partial charge in [-0.3, -0.25) is 14.4 Å². The Morgan fingerprint density at radius 1 is 1.09 bits per heavy atom. The van der Waals surface area contributed by atoms with Gasteiger partial charge in [-0.15, -0.1) is 0 Å². The van der Waals surface area contributed by atoms with Crippen LogP contribution in [0.15, 0.2) is 35.9 Å². The number of morpholine rings is 1. The molecule has 6 nitrogen and oxygen atoms in total. The van der Waals surface area contributed by atoms with Crippen molar-refractivity contribution < 1.29 is 19.1 Å². The van der Waals surface area contributed by atoms with Gasteiger partial charge in [-0.25, -0.2) is 0 Å². The Bertz CT molecular complexity index is 628. The van der Waals surface area contributed by atoms with Crippen molar-refractivity contribution in [1.82, 2.24) is 4.90 Å². The summed E-state index contributed by atoms with van der Waals surface area (Å²) in [6.07, 6.45) is 1.29. The lowest BCUT2D eigenvalue weighted by Gasteiger charge is -2.27. The molecule has 0 saturated carbocycles. The number of rotatable bonds is 4. The molecule has 0 aliphatic carbocycles. The Morgan fingerprint density at radius 3 is 2.26 bits per heavy atom.